The lowest BCUT2D eigenvalue weighted by Crippen LogP contribution is -2.35. The van der Waals surface area contributed by atoms with Crippen molar-refractivity contribution >= 4 is 5.97 Å². The fraction of sp³-hybridized carbons (Fsp3) is 0.471. The van der Waals surface area contributed by atoms with E-state index in [1.165, 1.54) is 24.3 Å². The van der Waals surface area contributed by atoms with Gasteiger partial charge in [0.1, 0.15) is 6.10 Å². The van der Waals surface area contributed by atoms with Crippen LogP contribution in [-0.4, -0.2) is 35.4 Å². The molecular formula is C17H17F3N2O4. The third-order valence-corrected chi connectivity index (χ3v) is 4.25. The van der Waals surface area contributed by atoms with E-state index >= 15 is 0 Å². The van der Waals surface area contributed by atoms with Crippen molar-refractivity contribution in [3.8, 4) is 11.4 Å². The summed E-state index contributed by atoms with van der Waals surface area (Å²) in [5.41, 5.74) is 0.585. The standard InChI is InChI=1S/C17H17F3N2O4/c1-24-12-4-2-3-5-13(12)25-15(23)11-8-6-10(7-9-11)14-21-16(26-22-14)17(18,19)20/h6-9,12-13H,2-5H2,1H3/t12-,13+/m1/s1. The first-order valence-electron chi connectivity index (χ1n) is 8.13. The molecule has 0 N–H and O–H groups in total. The van der Waals surface area contributed by atoms with Crippen LogP contribution in [0.5, 0.6) is 0 Å². The largest absolute Gasteiger partial charge is 0.471 e. The van der Waals surface area contributed by atoms with E-state index in [1.807, 2.05) is 0 Å². The molecular weight excluding hydrogens is 353 g/mol. The smallest absolute Gasteiger partial charge is 0.456 e. The molecule has 6 nitrogen and oxygen atoms in total. The summed E-state index contributed by atoms with van der Waals surface area (Å²) in [6.45, 7) is 0. The minimum Gasteiger partial charge on any atom is -0.456 e. The van der Waals surface area contributed by atoms with Crippen LogP contribution in [0.4, 0.5) is 13.2 Å². The van der Waals surface area contributed by atoms with Gasteiger partial charge >= 0.3 is 18.0 Å². The maximum absolute atomic E-state index is 12.5. The molecule has 26 heavy (non-hydrogen) atoms. The Kier molecular flexibility index (Phi) is 5.26. The van der Waals surface area contributed by atoms with E-state index in [1.54, 1.807) is 7.11 Å². The fourth-order valence-electron chi connectivity index (χ4n) is 2.88. The second kappa shape index (κ2) is 7.45. The summed E-state index contributed by atoms with van der Waals surface area (Å²) in [7, 11) is 1.59. The zero-order valence-corrected chi connectivity index (χ0v) is 14.0. The summed E-state index contributed by atoms with van der Waals surface area (Å²) < 4.78 is 52.6. The number of esters is 1. The highest BCUT2D eigenvalue weighted by atomic mass is 19.4. The van der Waals surface area contributed by atoms with Gasteiger partial charge in [0, 0.05) is 12.7 Å². The Morgan fingerprint density at radius 2 is 1.81 bits per heavy atom. The van der Waals surface area contributed by atoms with Gasteiger partial charge in [-0.25, -0.2) is 4.79 Å². The van der Waals surface area contributed by atoms with Crippen LogP contribution in [0.25, 0.3) is 11.4 Å². The molecule has 9 heteroatoms. The predicted molar refractivity (Wildman–Crippen MR) is 83.2 cm³/mol. The summed E-state index contributed by atoms with van der Waals surface area (Å²) in [5, 5.41) is 3.30. The molecule has 0 bridgehead atoms. The second-order valence-electron chi connectivity index (χ2n) is 6.00. The van der Waals surface area contributed by atoms with E-state index in [4.69, 9.17) is 9.47 Å². The van der Waals surface area contributed by atoms with Crippen molar-refractivity contribution in [2.45, 2.75) is 44.1 Å². The Balaban J connectivity index is 1.69. The predicted octanol–water partition coefficient (Wildman–Crippen LogP) is 3.87. The van der Waals surface area contributed by atoms with Gasteiger partial charge in [0.25, 0.3) is 0 Å². The molecule has 1 aliphatic rings. The number of carbonyl (C=O) groups is 1. The summed E-state index contributed by atoms with van der Waals surface area (Å²) in [6.07, 6.45) is -1.54. The number of carbonyl (C=O) groups excluding carboxylic acids is 1. The third kappa shape index (κ3) is 4.04. The quantitative estimate of drug-likeness (QED) is 0.761. The first-order chi connectivity index (χ1) is 12.4. The normalized spacial score (nSPS) is 20.8. The van der Waals surface area contributed by atoms with Gasteiger partial charge in [-0.15, -0.1) is 0 Å². The van der Waals surface area contributed by atoms with Gasteiger partial charge < -0.3 is 14.0 Å². The number of nitrogens with zero attached hydrogens (tertiary/aromatic N) is 2. The van der Waals surface area contributed by atoms with Gasteiger partial charge in [0.15, 0.2) is 0 Å². The lowest BCUT2D eigenvalue weighted by atomic mass is 9.94. The topological polar surface area (TPSA) is 74.5 Å². The molecule has 1 heterocycles. The van der Waals surface area contributed by atoms with Crippen molar-refractivity contribution < 1.29 is 32.0 Å². The molecule has 0 amide bonds. The van der Waals surface area contributed by atoms with E-state index in [-0.39, 0.29) is 23.6 Å². The fourth-order valence-corrected chi connectivity index (χ4v) is 2.88. The third-order valence-electron chi connectivity index (χ3n) is 4.25. The van der Waals surface area contributed by atoms with Crippen LogP contribution in [0.15, 0.2) is 28.8 Å². The molecule has 3 rings (SSSR count). The Hall–Kier alpha value is -2.42. The lowest BCUT2D eigenvalue weighted by molar-refractivity contribution is -0.159. The first kappa shape index (κ1) is 18.4. The van der Waals surface area contributed by atoms with Crippen molar-refractivity contribution in [2.24, 2.45) is 0 Å². The Labute approximate surface area is 147 Å². The number of methoxy groups -OCH3 is 1. The zero-order valence-electron chi connectivity index (χ0n) is 14.0. The van der Waals surface area contributed by atoms with Gasteiger partial charge in [-0.1, -0.05) is 23.7 Å². The van der Waals surface area contributed by atoms with E-state index in [0.29, 0.717) is 5.56 Å². The number of benzene rings is 1. The van der Waals surface area contributed by atoms with Crippen LogP contribution < -0.4 is 0 Å². The van der Waals surface area contributed by atoms with Crippen molar-refractivity contribution in [3.05, 3.63) is 35.7 Å². The Bertz CT molecular complexity index is 758. The maximum atomic E-state index is 12.5. The minimum atomic E-state index is -4.70. The molecule has 140 valence electrons. The summed E-state index contributed by atoms with van der Waals surface area (Å²) in [4.78, 5) is 15.6. The highest BCUT2D eigenvalue weighted by Crippen LogP contribution is 2.29. The minimum absolute atomic E-state index is 0.118. The van der Waals surface area contributed by atoms with Gasteiger partial charge in [-0.2, -0.15) is 18.2 Å². The van der Waals surface area contributed by atoms with Gasteiger partial charge in [0.05, 0.1) is 11.7 Å². The van der Waals surface area contributed by atoms with E-state index in [0.717, 1.165) is 25.7 Å². The first-order valence-corrected chi connectivity index (χ1v) is 8.13. The average Bonchev–Trinajstić information content (AvgIpc) is 3.13. The lowest BCUT2D eigenvalue weighted by Gasteiger charge is -2.29. The van der Waals surface area contributed by atoms with Crippen molar-refractivity contribution in [1.29, 1.82) is 0 Å². The van der Waals surface area contributed by atoms with Crippen molar-refractivity contribution in [2.75, 3.05) is 7.11 Å². The van der Waals surface area contributed by atoms with Crippen molar-refractivity contribution in [3.63, 3.8) is 0 Å². The van der Waals surface area contributed by atoms with Gasteiger partial charge in [0.2, 0.25) is 5.82 Å². The molecule has 2 aromatic rings. The maximum Gasteiger partial charge on any atom is 0.471 e. The summed E-state index contributed by atoms with van der Waals surface area (Å²) in [6, 6.07) is 5.78. The monoisotopic (exact) mass is 370 g/mol. The van der Waals surface area contributed by atoms with E-state index < -0.39 is 18.0 Å². The molecule has 0 saturated heterocycles. The molecule has 0 aliphatic heterocycles. The van der Waals surface area contributed by atoms with Crippen LogP contribution in [0.2, 0.25) is 0 Å². The zero-order chi connectivity index (χ0) is 18.7. The number of rotatable bonds is 4. The van der Waals surface area contributed by atoms with Gasteiger partial charge in [-0.3, -0.25) is 0 Å². The number of halogens is 3. The summed E-state index contributed by atoms with van der Waals surface area (Å²) >= 11 is 0. The molecule has 0 unspecified atom stereocenters. The number of aromatic nitrogens is 2. The molecule has 1 aliphatic carbocycles. The highest BCUT2D eigenvalue weighted by Gasteiger charge is 2.38. The average molecular weight is 370 g/mol. The number of hydrogen-bond donors (Lipinski definition) is 0. The van der Waals surface area contributed by atoms with Crippen molar-refractivity contribution in [1.82, 2.24) is 10.1 Å². The number of alkyl halides is 3. The SMILES string of the molecule is CO[C@@H]1CCCC[C@@H]1OC(=O)c1ccc(-c2noc(C(F)(F)F)n2)cc1. The van der Waals surface area contributed by atoms with Crippen LogP contribution in [-0.2, 0) is 15.7 Å². The number of hydrogen-bond acceptors (Lipinski definition) is 6. The molecule has 1 fully saturated rings. The molecule has 2 atom stereocenters. The molecule has 0 radical (unpaired) electrons. The molecule has 1 saturated carbocycles. The van der Waals surface area contributed by atoms with E-state index in [9.17, 15) is 18.0 Å². The molecule has 1 aromatic heterocycles. The Morgan fingerprint density at radius 1 is 1.15 bits per heavy atom. The molecule has 1 aromatic carbocycles. The number of ether oxygens (including phenoxy) is 2. The second-order valence-corrected chi connectivity index (χ2v) is 6.00. The summed E-state index contributed by atoms with van der Waals surface area (Å²) in [5.74, 6) is -2.13. The van der Waals surface area contributed by atoms with Crippen LogP contribution in [0, 0.1) is 0 Å². The van der Waals surface area contributed by atoms with Crippen LogP contribution in [0.1, 0.15) is 41.9 Å². The molecule has 0 spiro atoms. The Morgan fingerprint density at radius 3 is 2.38 bits per heavy atom. The van der Waals surface area contributed by atoms with Gasteiger partial charge in [-0.05, 0) is 31.4 Å². The van der Waals surface area contributed by atoms with E-state index in [2.05, 4.69) is 14.7 Å². The van der Waals surface area contributed by atoms with Crippen LogP contribution in [0.3, 0.4) is 0 Å². The highest BCUT2D eigenvalue weighted by molar-refractivity contribution is 5.90. The van der Waals surface area contributed by atoms with Crippen LogP contribution >= 0.6 is 0 Å².